The molecule has 3 nitrogen and oxygen atoms in total. The standard InChI is InChI=1S/C11H7BrF4O3/c1-3(19-4(2)17)11(18)5-6(12)8(14)10(16)9(15)7(5)13/h3H,1-2H3. The van der Waals surface area contributed by atoms with Crippen LogP contribution in [0.3, 0.4) is 0 Å². The minimum absolute atomic E-state index is 0.833. The predicted octanol–water partition coefficient (Wildman–Crippen LogP) is 3.14. The molecule has 1 rings (SSSR count). The number of halogens is 5. The van der Waals surface area contributed by atoms with E-state index < -0.39 is 51.2 Å². The van der Waals surface area contributed by atoms with Crippen molar-refractivity contribution in [3.63, 3.8) is 0 Å². The minimum atomic E-state index is -2.11. The van der Waals surface area contributed by atoms with Crippen molar-refractivity contribution in [3.05, 3.63) is 33.3 Å². The molecule has 19 heavy (non-hydrogen) atoms. The first-order valence-electron chi connectivity index (χ1n) is 4.91. The van der Waals surface area contributed by atoms with Crippen LogP contribution < -0.4 is 0 Å². The fourth-order valence-electron chi connectivity index (χ4n) is 1.33. The second kappa shape index (κ2) is 5.68. The molecular weight excluding hydrogens is 336 g/mol. The van der Waals surface area contributed by atoms with Crippen molar-refractivity contribution >= 4 is 27.7 Å². The third kappa shape index (κ3) is 2.94. The SMILES string of the molecule is CC(=O)OC(C)C(=O)c1c(F)c(F)c(F)c(F)c1Br. The Labute approximate surface area is 113 Å². The summed E-state index contributed by atoms with van der Waals surface area (Å²) >= 11 is 2.47. The Morgan fingerprint density at radius 3 is 2.00 bits per heavy atom. The van der Waals surface area contributed by atoms with Gasteiger partial charge < -0.3 is 4.74 Å². The van der Waals surface area contributed by atoms with E-state index in [1.807, 2.05) is 0 Å². The normalized spacial score (nSPS) is 12.2. The molecule has 0 saturated heterocycles. The second-order valence-electron chi connectivity index (χ2n) is 3.56. The van der Waals surface area contributed by atoms with E-state index in [2.05, 4.69) is 20.7 Å². The highest BCUT2D eigenvalue weighted by atomic mass is 79.9. The largest absolute Gasteiger partial charge is 0.454 e. The summed E-state index contributed by atoms with van der Waals surface area (Å²) in [4.78, 5) is 22.4. The van der Waals surface area contributed by atoms with Crippen molar-refractivity contribution in [1.82, 2.24) is 0 Å². The minimum Gasteiger partial charge on any atom is -0.454 e. The number of hydrogen-bond donors (Lipinski definition) is 0. The lowest BCUT2D eigenvalue weighted by Gasteiger charge is -2.13. The van der Waals surface area contributed by atoms with Crippen molar-refractivity contribution < 1.29 is 31.9 Å². The van der Waals surface area contributed by atoms with Gasteiger partial charge in [0.05, 0.1) is 10.0 Å². The summed E-state index contributed by atoms with van der Waals surface area (Å²) in [5.41, 5.74) is -1.05. The summed E-state index contributed by atoms with van der Waals surface area (Å²) in [7, 11) is 0. The number of hydrogen-bond acceptors (Lipinski definition) is 3. The summed E-state index contributed by atoms with van der Waals surface area (Å²) in [6.45, 7) is 2.09. The molecule has 0 spiro atoms. The van der Waals surface area contributed by atoms with E-state index in [9.17, 15) is 27.2 Å². The number of esters is 1. The lowest BCUT2D eigenvalue weighted by Crippen LogP contribution is -2.25. The van der Waals surface area contributed by atoms with E-state index >= 15 is 0 Å². The van der Waals surface area contributed by atoms with Gasteiger partial charge in [-0.05, 0) is 22.9 Å². The van der Waals surface area contributed by atoms with Gasteiger partial charge in [0.25, 0.3) is 0 Å². The van der Waals surface area contributed by atoms with Crippen LogP contribution in [0.2, 0.25) is 0 Å². The zero-order valence-electron chi connectivity index (χ0n) is 9.69. The average Bonchev–Trinajstić information content (AvgIpc) is 2.33. The lowest BCUT2D eigenvalue weighted by atomic mass is 10.1. The summed E-state index contributed by atoms with van der Waals surface area (Å²) in [6, 6.07) is 0. The molecule has 0 radical (unpaired) electrons. The summed E-state index contributed by atoms with van der Waals surface area (Å²) in [6.07, 6.45) is -1.47. The molecule has 1 unspecified atom stereocenters. The number of Topliss-reactive ketones (excluding diaryl/α,β-unsaturated/α-hetero) is 1. The molecule has 0 aliphatic carbocycles. The van der Waals surface area contributed by atoms with Gasteiger partial charge in [-0.1, -0.05) is 0 Å². The Morgan fingerprint density at radius 1 is 1.05 bits per heavy atom. The summed E-state index contributed by atoms with van der Waals surface area (Å²) in [5.74, 6) is -9.77. The van der Waals surface area contributed by atoms with Gasteiger partial charge in [0, 0.05) is 6.92 Å². The molecule has 0 heterocycles. The average molecular weight is 343 g/mol. The Kier molecular flexibility index (Phi) is 4.67. The Hall–Kier alpha value is -1.44. The highest BCUT2D eigenvalue weighted by Crippen LogP contribution is 2.29. The van der Waals surface area contributed by atoms with Gasteiger partial charge >= 0.3 is 5.97 Å². The van der Waals surface area contributed by atoms with Gasteiger partial charge in [0.1, 0.15) is 0 Å². The summed E-state index contributed by atoms with van der Waals surface area (Å²) in [5, 5.41) is 0. The van der Waals surface area contributed by atoms with E-state index in [1.54, 1.807) is 0 Å². The van der Waals surface area contributed by atoms with Crippen LogP contribution in [0.25, 0.3) is 0 Å². The number of carbonyl (C=O) groups excluding carboxylic acids is 2. The van der Waals surface area contributed by atoms with Crippen molar-refractivity contribution in [3.8, 4) is 0 Å². The van der Waals surface area contributed by atoms with Gasteiger partial charge in [-0.15, -0.1) is 0 Å². The number of ketones is 1. The Balaban J connectivity index is 3.35. The molecule has 0 N–H and O–H groups in total. The summed E-state index contributed by atoms with van der Waals surface area (Å²) < 4.78 is 56.3. The third-order valence-corrected chi connectivity index (χ3v) is 2.91. The van der Waals surface area contributed by atoms with E-state index in [1.165, 1.54) is 0 Å². The zero-order chi connectivity index (χ0) is 14.9. The molecule has 104 valence electrons. The van der Waals surface area contributed by atoms with Crippen molar-refractivity contribution in [2.24, 2.45) is 0 Å². The van der Waals surface area contributed by atoms with Crippen LogP contribution in [0.15, 0.2) is 4.47 Å². The van der Waals surface area contributed by atoms with Crippen LogP contribution >= 0.6 is 15.9 Å². The number of benzene rings is 1. The fraction of sp³-hybridized carbons (Fsp3) is 0.273. The molecular formula is C11H7BrF4O3. The van der Waals surface area contributed by atoms with Gasteiger partial charge in [0.2, 0.25) is 5.78 Å². The second-order valence-corrected chi connectivity index (χ2v) is 4.35. The van der Waals surface area contributed by atoms with Gasteiger partial charge in [0.15, 0.2) is 29.4 Å². The number of rotatable bonds is 3. The van der Waals surface area contributed by atoms with E-state index in [4.69, 9.17) is 0 Å². The lowest BCUT2D eigenvalue weighted by molar-refractivity contribution is -0.143. The van der Waals surface area contributed by atoms with Gasteiger partial charge in [-0.3, -0.25) is 9.59 Å². The van der Waals surface area contributed by atoms with Crippen LogP contribution in [0, 0.1) is 23.3 Å². The highest BCUT2D eigenvalue weighted by molar-refractivity contribution is 9.10. The molecule has 1 atom stereocenters. The van der Waals surface area contributed by atoms with E-state index in [0.29, 0.717) is 0 Å². The van der Waals surface area contributed by atoms with Gasteiger partial charge in [-0.25, -0.2) is 17.6 Å². The van der Waals surface area contributed by atoms with E-state index in [-0.39, 0.29) is 0 Å². The third-order valence-electron chi connectivity index (χ3n) is 2.17. The molecule has 0 aliphatic rings. The first-order chi connectivity index (χ1) is 8.68. The fourth-order valence-corrected chi connectivity index (χ4v) is 1.87. The Morgan fingerprint density at radius 2 is 1.53 bits per heavy atom. The maximum atomic E-state index is 13.5. The smallest absolute Gasteiger partial charge is 0.303 e. The predicted molar refractivity (Wildman–Crippen MR) is 59.5 cm³/mol. The molecule has 0 fully saturated rings. The monoisotopic (exact) mass is 342 g/mol. The molecule has 0 aromatic heterocycles. The molecule has 8 heteroatoms. The van der Waals surface area contributed by atoms with Crippen LogP contribution in [-0.4, -0.2) is 17.9 Å². The number of carbonyl (C=O) groups is 2. The molecule has 0 amide bonds. The van der Waals surface area contributed by atoms with Gasteiger partial charge in [-0.2, -0.15) is 0 Å². The topological polar surface area (TPSA) is 43.4 Å². The first-order valence-corrected chi connectivity index (χ1v) is 5.70. The van der Waals surface area contributed by atoms with Crippen LogP contribution in [0.5, 0.6) is 0 Å². The zero-order valence-corrected chi connectivity index (χ0v) is 11.3. The number of ether oxygens (including phenoxy) is 1. The maximum Gasteiger partial charge on any atom is 0.303 e. The molecule has 1 aromatic rings. The van der Waals surface area contributed by atoms with Crippen molar-refractivity contribution in [2.75, 3.05) is 0 Å². The molecule has 1 aromatic carbocycles. The van der Waals surface area contributed by atoms with Crippen LogP contribution in [-0.2, 0) is 9.53 Å². The molecule has 0 aliphatic heterocycles. The maximum absolute atomic E-state index is 13.5. The van der Waals surface area contributed by atoms with Crippen molar-refractivity contribution in [2.45, 2.75) is 20.0 Å². The molecule has 0 saturated carbocycles. The molecule has 0 bridgehead atoms. The van der Waals surface area contributed by atoms with Crippen LogP contribution in [0.1, 0.15) is 24.2 Å². The highest BCUT2D eigenvalue weighted by Gasteiger charge is 2.31. The van der Waals surface area contributed by atoms with Crippen LogP contribution in [0.4, 0.5) is 17.6 Å². The van der Waals surface area contributed by atoms with Crippen molar-refractivity contribution in [1.29, 1.82) is 0 Å². The van der Waals surface area contributed by atoms with E-state index in [0.717, 1.165) is 13.8 Å². The quantitative estimate of drug-likeness (QED) is 0.278. The first kappa shape index (κ1) is 15.6. The Bertz CT molecular complexity index is 530.